The average Bonchev–Trinajstić information content (AvgIpc) is 2.61. The molecule has 1 aliphatic carbocycles. The van der Waals surface area contributed by atoms with Crippen LogP contribution in [0.1, 0.15) is 38.3 Å². The van der Waals surface area contributed by atoms with Crippen molar-refractivity contribution in [1.29, 1.82) is 0 Å². The molecule has 1 aromatic rings. The molecule has 0 heterocycles. The van der Waals surface area contributed by atoms with Gasteiger partial charge in [-0.1, -0.05) is 32.9 Å². The predicted molar refractivity (Wildman–Crippen MR) is 66.4 cm³/mol. The van der Waals surface area contributed by atoms with Crippen molar-refractivity contribution in [2.24, 2.45) is 5.41 Å². The van der Waals surface area contributed by atoms with Gasteiger partial charge in [-0.25, -0.2) is 0 Å². The van der Waals surface area contributed by atoms with Crippen LogP contribution in [0.2, 0.25) is 0 Å². The number of anilines is 1. The van der Waals surface area contributed by atoms with Gasteiger partial charge in [0.05, 0.1) is 0 Å². The van der Waals surface area contributed by atoms with E-state index in [1.807, 2.05) is 0 Å². The number of hydrogen-bond donors (Lipinski definition) is 1. The Morgan fingerprint density at radius 2 is 2.00 bits per heavy atom. The molecule has 1 aliphatic rings. The van der Waals surface area contributed by atoms with Gasteiger partial charge in [0.1, 0.15) is 0 Å². The Kier molecular flexibility index (Phi) is 2.72. The van der Waals surface area contributed by atoms with Crippen molar-refractivity contribution in [2.45, 2.75) is 40.0 Å². The van der Waals surface area contributed by atoms with E-state index < -0.39 is 0 Å². The second kappa shape index (κ2) is 3.88. The molecule has 0 spiro atoms. The van der Waals surface area contributed by atoms with Gasteiger partial charge in [-0.2, -0.15) is 0 Å². The molecule has 15 heavy (non-hydrogen) atoms. The molecule has 1 nitrogen and oxygen atoms in total. The van der Waals surface area contributed by atoms with Crippen LogP contribution in [-0.4, -0.2) is 6.54 Å². The normalized spacial score (nSPS) is 15.1. The molecular formula is C14H21N. The summed E-state index contributed by atoms with van der Waals surface area (Å²) in [6.07, 6.45) is 3.84. The van der Waals surface area contributed by atoms with Crippen LogP contribution in [-0.2, 0) is 12.8 Å². The van der Waals surface area contributed by atoms with Gasteiger partial charge < -0.3 is 5.32 Å². The predicted octanol–water partition coefficient (Wildman–Crippen LogP) is 3.63. The minimum Gasteiger partial charge on any atom is -0.384 e. The Balaban J connectivity index is 2.12. The summed E-state index contributed by atoms with van der Waals surface area (Å²) >= 11 is 0. The summed E-state index contributed by atoms with van der Waals surface area (Å²) in [7, 11) is 0. The Labute approximate surface area is 92.9 Å². The monoisotopic (exact) mass is 203 g/mol. The molecule has 82 valence electrons. The SMILES string of the molecule is CC(C)(C)CNc1cccc2c1CCC2. The van der Waals surface area contributed by atoms with E-state index in [0.29, 0.717) is 5.41 Å². The number of benzene rings is 1. The van der Waals surface area contributed by atoms with Crippen LogP contribution in [0.5, 0.6) is 0 Å². The summed E-state index contributed by atoms with van der Waals surface area (Å²) in [6.45, 7) is 7.85. The first-order valence-electron chi connectivity index (χ1n) is 5.91. The van der Waals surface area contributed by atoms with Gasteiger partial charge in [0.25, 0.3) is 0 Å². The molecule has 0 unspecified atom stereocenters. The topological polar surface area (TPSA) is 12.0 Å². The van der Waals surface area contributed by atoms with Crippen molar-refractivity contribution in [3.05, 3.63) is 29.3 Å². The smallest absolute Gasteiger partial charge is 0.0375 e. The van der Waals surface area contributed by atoms with Gasteiger partial charge >= 0.3 is 0 Å². The fourth-order valence-corrected chi connectivity index (χ4v) is 2.15. The van der Waals surface area contributed by atoms with Crippen molar-refractivity contribution < 1.29 is 0 Å². The molecular weight excluding hydrogens is 182 g/mol. The zero-order valence-corrected chi connectivity index (χ0v) is 10.1. The Bertz CT molecular complexity index is 347. The van der Waals surface area contributed by atoms with E-state index in [-0.39, 0.29) is 0 Å². The van der Waals surface area contributed by atoms with E-state index in [1.165, 1.54) is 24.9 Å². The summed E-state index contributed by atoms with van der Waals surface area (Å²) in [5.74, 6) is 0. The lowest BCUT2D eigenvalue weighted by Gasteiger charge is -2.21. The summed E-state index contributed by atoms with van der Waals surface area (Å²) in [5, 5.41) is 3.58. The zero-order valence-electron chi connectivity index (χ0n) is 10.1. The maximum Gasteiger partial charge on any atom is 0.0375 e. The number of nitrogens with one attached hydrogen (secondary N) is 1. The zero-order chi connectivity index (χ0) is 10.9. The van der Waals surface area contributed by atoms with Crippen molar-refractivity contribution in [3.8, 4) is 0 Å². The molecule has 0 amide bonds. The van der Waals surface area contributed by atoms with E-state index in [4.69, 9.17) is 0 Å². The van der Waals surface area contributed by atoms with Crippen molar-refractivity contribution >= 4 is 5.69 Å². The molecule has 1 N–H and O–H groups in total. The summed E-state index contributed by atoms with van der Waals surface area (Å²) in [6, 6.07) is 6.66. The van der Waals surface area contributed by atoms with E-state index in [1.54, 1.807) is 11.1 Å². The molecule has 0 fully saturated rings. The molecule has 0 atom stereocenters. The molecule has 0 saturated carbocycles. The van der Waals surface area contributed by atoms with Crippen LogP contribution >= 0.6 is 0 Å². The number of aryl methyl sites for hydroxylation is 1. The fourth-order valence-electron chi connectivity index (χ4n) is 2.15. The number of hydrogen-bond acceptors (Lipinski definition) is 1. The molecule has 0 radical (unpaired) electrons. The first-order valence-corrected chi connectivity index (χ1v) is 5.91. The minimum atomic E-state index is 0.349. The lowest BCUT2D eigenvalue weighted by molar-refractivity contribution is 0.443. The van der Waals surface area contributed by atoms with E-state index in [9.17, 15) is 0 Å². The third kappa shape index (κ3) is 2.53. The van der Waals surface area contributed by atoms with Gasteiger partial charge in [-0.05, 0) is 41.9 Å². The molecule has 2 rings (SSSR count). The van der Waals surface area contributed by atoms with Crippen LogP contribution in [0.25, 0.3) is 0 Å². The quantitative estimate of drug-likeness (QED) is 0.774. The standard InChI is InChI=1S/C14H21N/c1-14(2,3)10-15-13-9-5-7-11-6-4-8-12(11)13/h5,7,9,15H,4,6,8,10H2,1-3H3. The van der Waals surface area contributed by atoms with E-state index in [0.717, 1.165) is 6.54 Å². The third-order valence-corrected chi connectivity index (χ3v) is 2.96. The molecule has 1 heteroatoms. The first-order chi connectivity index (χ1) is 7.06. The minimum absolute atomic E-state index is 0.349. The van der Waals surface area contributed by atoms with Crippen molar-refractivity contribution in [2.75, 3.05) is 11.9 Å². The van der Waals surface area contributed by atoms with Crippen LogP contribution in [0, 0.1) is 5.41 Å². The highest BCUT2D eigenvalue weighted by Gasteiger charge is 2.15. The maximum absolute atomic E-state index is 3.58. The Morgan fingerprint density at radius 1 is 1.20 bits per heavy atom. The number of rotatable bonds is 2. The van der Waals surface area contributed by atoms with E-state index in [2.05, 4.69) is 44.3 Å². The second-order valence-electron chi connectivity index (χ2n) is 5.71. The Morgan fingerprint density at radius 3 is 2.73 bits per heavy atom. The van der Waals surface area contributed by atoms with Crippen LogP contribution < -0.4 is 5.32 Å². The summed E-state index contributed by atoms with van der Waals surface area (Å²) in [5.41, 5.74) is 4.82. The van der Waals surface area contributed by atoms with Crippen LogP contribution in [0.3, 0.4) is 0 Å². The first kappa shape index (κ1) is 10.5. The molecule has 0 aliphatic heterocycles. The van der Waals surface area contributed by atoms with Gasteiger partial charge in [0.15, 0.2) is 0 Å². The number of fused-ring (bicyclic) bond motifs is 1. The van der Waals surface area contributed by atoms with E-state index >= 15 is 0 Å². The maximum atomic E-state index is 3.58. The van der Waals surface area contributed by atoms with Gasteiger partial charge in [-0.3, -0.25) is 0 Å². The summed E-state index contributed by atoms with van der Waals surface area (Å²) in [4.78, 5) is 0. The molecule has 0 saturated heterocycles. The third-order valence-electron chi connectivity index (χ3n) is 2.96. The van der Waals surface area contributed by atoms with Gasteiger partial charge in [0, 0.05) is 12.2 Å². The summed E-state index contributed by atoms with van der Waals surface area (Å²) < 4.78 is 0. The fraction of sp³-hybridized carbons (Fsp3) is 0.571. The average molecular weight is 203 g/mol. The highest BCUT2D eigenvalue weighted by Crippen LogP contribution is 2.29. The second-order valence-corrected chi connectivity index (χ2v) is 5.71. The Hall–Kier alpha value is -0.980. The van der Waals surface area contributed by atoms with Crippen molar-refractivity contribution in [3.63, 3.8) is 0 Å². The van der Waals surface area contributed by atoms with Gasteiger partial charge in [-0.15, -0.1) is 0 Å². The lowest BCUT2D eigenvalue weighted by Crippen LogP contribution is -2.19. The highest BCUT2D eigenvalue weighted by atomic mass is 14.9. The highest BCUT2D eigenvalue weighted by molar-refractivity contribution is 5.56. The van der Waals surface area contributed by atoms with Crippen LogP contribution in [0.15, 0.2) is 18.2 Å². The molecule has 0 bridgehead atoms. The molecule has 0 aromatic heterocycles. The molecule has 1 aromatic carbocycles. The largest absolute Gasteiger partial charge is 0.384 e. The van der Waals surface area contributed by atoms with Crippen LogP contribution in [0.4, 0.5) is 5.69 Å². The van der Waals surface area contributed by atoms with Crippen molar-refractivity contribution in [1.82, 2.24) is 0 Å². The van der Waals surface area contributed by atoms with Gasteiger partial charge in [0.2, 0.25) is 0 Å². The lowest BCUT2D eigenvalue weighted by atomic mass is 9.96.